The van der Waals surface area contributed by atoms with Gasteiger partial charge in [-0.3, -0.25) is 0 Å². The number of aromatic nitrogens is 2. The Hall–Kier alpha value is -2.36. The summed E-state index contributed by atoms with van der Waals surface area (Å²) in [6.45, 7) is -0.0806. The first-order valence-corrected chi connectivity index (χ1v) is 9.98. The Morgan fingerprint density at radius 3 is 2.50 bits per heavy atom. The Labute approximate surface area is 164 Å². The maximum absolute atomic E-state index is 13.1. The molecule has 1 N–H and O–H groups in total. The van der Waals surface area contributed by atoms with Crippen LogP contribution < -0.4 is 4.72 Å². The fourth-order valence-electron chi connectivity index (χ4n) is 2.58. The Morgan fingerprint density at radius 2 is 1.82 bits per heavy atom. The van der Waals surface area contributed by atoms with Crippen molar-refractivity contribution in [3.8, 4) is 5.69 Å². The van der Waals surface area contributed by atoms with Crippen molar-refractivity contribution < 1.29 is 21.6 Å². The summed E-state index contributed by atoms with van der Waals surface area (Å²) >= 11 is 5.59. The first kappa shape index (κ1) is 20.4. The minimum Gasteiger partial charge on any atom is -0.241 e. The molecule has 5 nitrogen and oxygen atoms in total. The molecule has 0 fully saturated rings. The number of rotatable bonds is 6. The van der Waals surface area contributed by atoms with Gasteiger partial charge >= 0.3 is 6.18 Å². The lowest BCUT2D eigenvalue weighted by Crippen LogP contribution is -2.28. The number of halogens is 4. The van der Waals surface area contributed by atoms with Gasteiger partial charge in [0.15, 0.2) is 0 Å². The van der Waals surface area contributed by atoms with Crippen molar-refractivity contribution in [2.45, 2.75) is 17.5 Å². The van der Waals surface area contributed by atoms with Gasteiger partial charge in [-0.2, -0.15) is 18.3 Å². The molecular weight excluding hydrogens is 415 g/mol. The number of nitrogens with zero attached hydrogens (tertiary/aromatic N) is 2. The second-order valence-corrected chi connectivity index (χ2v) is 8.09. The van der Waals surface area contributed by atoms with Crippen molar-refractivity contribution >= 4 is 21.6 Å². The van der Waals surface area contributed by atoms with E-state index in [4.69, 9.17) is 11.6 Å². The Balaban J connectivity index is 1.71. The molecule has 0 saturated carbocycles. The minimum atomic E-state index is -4.84. The van der Waals surface area contributed by atoms with E-state index in [-0.39, 0.29) is 18.0 Å². The number of hydrogen-bond donors (Lipinski definition) is 1. The van der Waals surface area contributed by atoms with Crippen molar-refractivity contribution in [1.29, 1.82) is 0 Å². The first-order chi connectivity index (χ1) is 13.2. The zero-order chi connectivity index (χ0) is 20.4. The SMILES string of the molecule is O=S(=O)(NCCc1cnn(-c2ccccc2)c1)c1ccc(Cl)cc1C(F)(F)F. The predicted octanol–water partition coefficient (Wildman–Crippen LogP) is 4.07. The lowest BCUT2D eigenvalue weighted by atomic mass is 10.2. The van der Waals surface area contributed by atoms with E-state index in [9.17, 15) is 21.6 Å². The molecule has 0 amide bonds. The molecule has 148 valence electrons. The molecule has 0 saturated heterocycles. The van der Waals surface area contributed by atoms with Crippen LogP contribution in [0.15, 0.2) is 65.8 Å². The zero-order valence-electron chi connectivity index (χ0n) is 14.3. The van der Waals surface area contributed by atoms with Crippen LogP contribution >= 0.6 is 11.6 Å². The monoisotopic (exact) mass is 429 g/mol. The number of hydrogen-bond acceptors (Lipinski definition) is 3. The van der Waals surface area contributed by atoms with Crippen molar-refractivity contribution in [2.24, 2.45) is 0 Å². The summed E-state index contributed by atoms with van der Waals surface area (Å²) in [4.78, 5) is -0.857. The van der Waals surface area contributed by atoms with Crippen LogP contribution in [0.5, 0.6) is 0 Å². The number of benzene rings is 2. The highest BCUT2D eigenvalue weighted by Gasteiger charge is 2.37. The van der Waals surface area contributed by atoms with E-state index in [1.807, 2.05) is 30.3 Å². The number of nitrogens with one attached hydrogen (secondary N) is 1. The lowest BCUT2D eigenvalue weighted by Gasteiger charge is -2.14. The summed E-state index contributed by atoms with van der Waals surface area (Å²) in [6.07, 6.45) is -1.27. The molecule has 0 atom stereocenters. The minimum absolute atomic E-state index is 0.0806. The summed E-state index contributed by atoms with van der Waals surface area (Å²) in [5.74, 6) is 0. The maximum atomic E-state index is 13.1. The fourth-order valence-corrected chi connectivity index (χ4v) is 3.99. The number of sulfonamides is 1. The topological polar surface area (TPSA) is 64.0 Å². The van der Waals surface area contributed by atoms with E-state index in [1.165, 1.54) is 0 Å². The summed E-state index contributed by atoms with van der Waals surface area (Å²) in [7, 11) is -4.36. The van der Waals surface area contributed by atoms with Gasteiger partial charge in [-0.15, -0.1) is 0 Å². The molecule has 0 radical (unpaired) electrons. The second kappa shape index (κ2) is 7.94. The van der Waals surface area contributed by atoms with Gasteiger partial charge in [0.25, 0.3) is 0 Å². The van der Waals surface area contributed by atoms with Crippen LogP contribution in [0.2, 0.25) is 5.02 Å². The van der Waals surface area contributed by atoms with E-state index in [2.05, 4.69) is 9.82 Å². The van der Waals surface area contributed by atoms with E-state index < -0.39 is 26.7 Å². The third-order valence-electron chi connectivity index (χ3n) is 3.90. The fraction of sp³-hybridized carbons (Fsp3) is 0.167. The number of para-hydroxylation sites is 1. The van der Waals surface area contributed by atoms with Gasteiger partial charge in [-0.05, 0) is 42.3 Å². The third kappa shape index (κ3) is 4.73. The average molecular weight is 430 g/mol. The van der Waals surface area contributed by atoms with Gasteiger partial charge in [0.05, 0.1) is 22.3 Å². The highest BCUT2D eigenvalue weighted by atomic mass is 35.5. The second-order valence-electron chi connectivity index (χ2n) is 5.91. The molecule has 0 spiro atoms. The van der Waals surface area contributed by atoms with Gasteiger partial charge < -0.3 is 0 Å². The van der Waals surface area contributed by atoms with Crippen molar-refractivity contribution in [3.63, 3.8) is 0 Å². The molecule has 2 aromatic carbocycles. The van der Waals surface area contributed by atoms with Crippen LogP contribution in [0, 0.1) is 0 Å². The largest absolute Gasteiger partial charge is 0.417 e. The third-order valence-corrected chi connectivity index (χ3v) is 5.65. The lowest BCUT2D eigenvalue weighted by molar-refractivity contribution is -0.139. The normalized spacial score (nSPS) is 12.3. The molecule has 0 aliphatic rings. The molecular formula is C18H15ClF3N3O2S. The highest BCUT2D eigenvalue weighted by Crippen LogP contribution is 2.35. The number of alkyl halides is 3. The van der Waals surface area contributed by atoms with Gasteiger partial charge in [-0.25, -0.2) is 17.8 Å². The van der Waals surface area contributed by atoms with Crippen molar-refractivity contribution in [3.05, 3.63) is 77.1 Å². The van der Waals surface area contributed by atoms with Gasteiger partial charge in [-0.1, -0.05) is 29.8 Å². The van der Waals surface area contributed by atoms with Crippen LogP contribution in [0.3, 0.4) is 0 Å². The average Bonchev–Trinajstić information content (AvgIpc) is 3.10. The zero-order valence-corrected chi connectivity index (χ0v) is 15.9. The molecule has 0 bridgehead atoms. The molecule has 1 aromatic heterocycles. The Morgan fingerprint density at radius 1 is 1.11 bits per heavy atom. The highest BCUT2D eigenvalue weighted by molar-refractivity contribution is 7.89. The van der Waals surface area contributed by atoms with Crippen molar-refractivity contribution in [2.75, 3.05) is 6.54 Å². The van der Waals surface area contributed by atoms with E-state index in [0.717, 1.165) is 23.4 Å². The summed E-state index contributed by atoms with van der Waals surface area (Å²) in [5, 5.41) is 4.00. The Bertz CT molecular complexity index is 1070. The van der Waals surface area contributed by atoms with E-state index in [0.29, 0.717) is 6.07 Å². The van der Waals surface area contributed by atoms with Crippen molar-refractivity contribution in [1.82, 2.24) is 14.5 Å². The molecule has 3 aromatic rings. The van der Waals surface area contributed by atoms with Gasteiger partial charge in [0.2, 0.25) is 10.0 Å². The van der Waals surface area contributed by atoms with Crippen LogP contribution in [-0.2, 0) is 22.6 Å². The summed E-state index contributed by atoms with van der Waals surface area (Å²) < 4.78 is 68.0. The predicted molar refractivity (Wildman–Crippen MR) is 98.9 cm³/mol. The molecule has 0 aliphatic heterocycles. The molecule has 28 heavy (non-hydrogen) atoms. The van der Waals surface area contributed by atoms with Crippen LogP contribution in [0.25, 0.3) is 5.69 Å². The van der Waals surface area contributed by atoms with Crippen LogP contribution in [0.1, 0.15) is 11.1 Å². The maximum Gasteiger partial charge on any atom is 0.417 e. The molecule has 10 heteroatoms. The smallest absolute Gasteiger partial charge is 0.241 e. The summed E-state index contributed by atoms with van der Waals surface area (Å²) in [6, 6.07) is 11.9. The molecule has 0 aliphatic carbocycles. The van der Waals surface area contributed by atoms with Crippen LogP contribution in [-0.4, -0.2) is 24.7 Å². The molecule has 0 unspecified atom stereocenters. The van der Waals surface area contributed by atoms with Gasteiger partial charge in [0.1, 0.15) is 0 Å². The van der Waals surface area contributed by atoms with Crippen LogP contribution in [0.4, 0.5) is 13.2 Å². The molecule has 3 rings (SSSR count). The summed E-state index contributed by atoms with van der Waals surface area (Å²) in [5.41, 5.74) is 0.272. The molecule has 1 heterocycles. The van der Waals surface area contributed by atoms with E-state index in [1.54, 1.807) is 17.1 Å². The van der Waals surface area contributed by atoms with E-state index >= 15 is 0 Å². The van der Waals surface area contributed by atoms with Gasteiger partial charge in [0, 0.05) is 17.8 Å². The Kier molecular flexibility index (Phi) is 5.78. The quantitative estimate of drug-likeness (QED) is 0.642. The first-order valence-electron chi connectivity index (χ1n) is 8.12. The standard InChI is InChI=1S/C18H15ClF3N3O2S/c19-14-6-7-17(16(10-14)18(20,21)22)28(26,27)24-9-8-13-11-23-25(12-13)15-4-2-1-3-5-15/h1-7,10-12,24H,8-9H2.